The minimum Gasteiger partial charge on any atom is -0.387 e. The smallest absolute Gasteiger partial charge is 0.271 e. The minimum absolute atomic E-state index is 0.0846. The van der Waals surface area contributed by atoms with Crippen LogP contribution in [0.25, 0.3) is 0 Å². The summed E-state index contributed by atoms with van der Waals surface area (Å²) in [6.45, 7) is 3.83. The van der Waals surface area contributed by atoms with Gasteiger partial charge in [0.05, 0.1) is 17.3 Å². The third-order valence-electron chi connectivity index (χ3n) is 4.25. The van der Waals surface area contributed by atoms with E-state index in [9.17, 15) is 9.90 Å². The Morgan fingerprint density at radius 1 is 1.32 bits per heavy atom. The molecule has 0 bridgehead atoms. The second-order valence-electron chi connectivity index (χ2n) is 6.20. The van der Waals surface area contributed by atoms with Gasteiger partial charge in [-0.15, -0.1) is 0 Å². The minimum atomic E-state index is -0.789. The normalized spacial score (nSPS) is 15.2. The van der Waals surface area contributed by atoms with Gasteiger partial charge in [-0.3, -0.25) is 4.79 Å². The maximum Gasteiger partial charge on any atom is 0.271 e. The van der Waals surface area contributed by atoms with E-state index in [1.807, 2.05) is 36.1 Å². The van der Waals surface area contributed by atoms with Crippen molar-refractivity contribution in [2.24, 2.45) is 0 Å². The number of halogens is 1. The van der Waals surface area contributed by atoms with Gasteiger partial charge in [0.15, 0.2) is 5.69 Å². The fraction of sp³-hybridized carbons (Fsp3) is 0.389. The Morgan fingerprint density at radius 2 is 2.00 bits per heavy atom. The predicted octanol–water partition coefficient (Wildman–Crippen LogP) is 2.50. The van der Waals surface area contributed by atoms with Gasteiger partial charge in [0, 0.05) is 19.6 Å². The maximum absolute atomic E-state index is 12.4. The summed E-state index contributed by atoms with van der Waals surface area (Å²) in [6, 6.07) is 7.53. The standard InChI is InChI=1S/C18H21ClN4O2/c1-12-4-6-13(7-5-12)15(24)11-20-17(25)16-14(19)10-21-18(22-16)23-8-2-3-9-23/h4-7,10,15,24H,2-3,8-9,11H2,1H3,(H,20,25)/t15-/m1/s1. The Morgan fingerprint density at radius 3 is 2.68 bits per heavy atom. The van der Waals surface area contributed by atoms with Gasteiger partial charge in [-0.25, -0.2) is 9.97 Å². The lowest BCUT2D eigenvalue weighted by Crippen LogP contribution is -2.30. The largest absolute Gasteiger partial charge is 0.387 e. The number of aromatic nitrogens is 2. The number of hydrogen-bond acceptors (Lipinski definition) is 5. The van der Waals surface area contributed by atoms with Crippen molar-refractivity contribution < 1.29 is 9.90 Å². The SMILES string of the molecule is Cc1ccc([C@H](O)CNC(=O)c2nc(N3CCCC3)ncc2Cl)cc1. The molecule has 0 saturated carbocycles. The van der Waals surface area contributed by atoms with Crippen LogP contribution >= 0.6 is 11.6 Å². The lowest BCUT2D eigenvalue weighted by Gasteiger charge is -2.16. The third-order valence-corrected chi connectivity index (χ3v) is 4.53. The second-order valence-corrected chi connectivity index (χ2v) is 6.60. The molecule has 3 rings (SSSR count). The number of carbonyl (C=O) groups is 1. The van der Waals surface area contributed by atoms with Crippen LogP contribution in [0.2, 0.25) is 5.02 Å². The summed E-state index contributed by atoms with van der Waals surface area (Å²) in [6.07, 6.45) is 2.85. The third kappa shape index (κ3) is 4.27. The number of aryl methyl sites for hydroxylation is 1. The second kappa shape index (κ2) is 7.80. The van der Waals surface area contributed by atoms with Crippen LogP contribution in [0.3, 0.4) is 0 Å². The molecule has 1 aliphatic rings. The Kier molecular flexibility index (Phi) is 5.50. The van der Waals surface area contributed by atoms with Crippen molar-refractivity contribution in [2.75, 3.05) is 24.5 Å². The number of nitrogens with one attached hydrogen (secondary N) is 1. The van der Waals surface area contributed by atoms with Crippen molar-refractivity contribution in [1.82, 2.24) is 15.3 Å². The van der Waals surface area contributed by atoms with Crippen LogP contribution in [0.5, 0.6) is 0 Å². The van der Waals surface area contributed by atoms with Crippen LogP contribution in [0.1, 0.15) is 40.6 Å². The monoisotopic (exact) mass is 360 g/mol. The number of anilines is 1. The molecule has 1 aromatic carbocycles. The van der Waals surface area contributed by atoms with E-state index in [1.54, 1.807) is 0 Å². The molecule has 1 aliphatic heterocycles. The van der Waals surface area contributed by atoms with Crippen molar-refractivity contribution in [1.29, 1.82) is 0 Å². The molecule has 1 atom stereocenters. The van der Waals surface area contributed by atoms with Crippen molar-refractivity contribution in [3.8, 4) is 0 Å². The first-order valence-corrected chi connectivity index (χ1v) is 8.72. The summed E-state index contributed by atoms with van der Waals surface area (Å²) in [5, 5.41) is 13.1. The first-order chi connectivity index (χ1) is 12.0. The molecule has 0 spiro atoms. The van der Waals surface area contributed by atoms with Crippen LogP contribution in [0, 0.1) is 6.92 Å². The van der Waals surface area contributed by atoms with Crippen LogP contribution in [-0.2, 0) is 0 Å². The van der Waals surface area contributed by atoms with Crippen molar-refractivity contribution in [3.05, 3.63) is 52.3 Å². The molecule has 2 heterocycles. The molecule has 1 amide bonds. The number of rotatable bonds is 5. The highest BCUT2D eigenvalue weighted by atomic mass is 35.5. The number of amides is 1. The van der Waals surface area contributed by atoms with Crippen molar-refractivity contribution in [2.45, 2.75) is 25.9 Å². The number of nitrogens with zero attached hydrogens (tertiary/aromatic N) is 3. The molecule has 1 aromatic heterocycles. The van der Waals surface area contributed by atoms with E-state index in [0.29, 0.717) is 5.95 Å². The molecule has 0 radical (unpaired) electrons. The zero-order valence-electron chi connectivity index (χ0n) is 14.1. The van der Waals surface area contributed by atoms with Crippen molar-refractivity contribution in [3.63, 3.8) is 0 Å². The molecule has 0 unspecified atom stereocenters. The van der Waals surface area contributed by atoms with Crippen LogP contribution < -0.4 is 10.2 Å². The number of aliphatic hydroxyl groups excluding tert-OH is 1. The fourth-order valence-electron chi connectivity index (χ4n) is 2.77. The number of carbonyl (C=O) groups excluding carboxylic acids is 1. The average Bonchev–Trinajstić information content (AvgIpc) is 3.15. The van der Waals surface area contributed by atoms with E-state index >= 15 is 0 Å². The van der Waals surface area contributed by atoms with E-state index in [0.717, 1.165) is 37.1 Å². The topological polar surface area (TPSA) is 78.3 Å². The fourth-order valence-corrected chi connectivity index (χ4v) is 2.94. The van der Waals surface area contributed by atoms with Gasteiger partial charge < -0.3 is 15.3 Å². The summed E-state index contributed by atoms with van der Waals surface area (Å²) in [4.78, 5) is 23.0. The van der Waals surface area contributed by atoms with Gasteiger partial charge in [-0.1, -0.05) is 41.4 Å². The van der Waals surface area contributed by atoms with E-state index in [2.05, 4.69) is 15.3 Å². The predicted molar refractivity (Wildman–Crippen MR) is 97.0 cm³/mol. The number of hydrogen-bond donors (Lipinski definition) is 2. The molecule has 6 nitrogen and oxygen atoms in total. The van der Waals surface area contributed by atoms with Crippen LogP contribution in [0.4, 0.5) is 5.95 Å². The van der Waals surface area contributed by atoms with E-state index in [-0.39, 0.29) is 17.3 Å². The van der Waals surface area contributed by atoms with E-state index in [4.69, 9.17) is 11.6 Å². The summed E-state index contributed by atoms with van der Waals surface area (Å²) >= 11 is 6.08. The van der Waals surface area contributed by atoms with Gasteiger partial charge in [0.2, 0.25) is 5.95 Å². The maximum atomic E-state index is 12.4. The molecule has 0 aliphatic carbocycles. The Hall–Kier alpha value is -2.18. The molecular formula is C18H21ClN4O2. The summed E-state index contributed by atoms with van der Waals surface area (Å²) in [5.74, 6) is 0.102. The molecule has 132 valence electrons. The quantitative estimate of drug-likeness (QED) is 0.856. The Bertz CT molecular complexity index is 745. The van der Waals surface area contributed by atoms with Crippen molar-refractivity contribution >= 4 is 23.5 Å². The number of aliphatic hydroxyl groups is 1. The first kappa shape index (κ1) is 17.6. The molecule has 25 heavy (non-hydrogen) atoms. The highest BCUT2D eigenvalue weighted by Gasteiger charge is 2.20. The Balaban J connectivity index is 1.66. The number of benzene rings is 1. The van der Waals surface area contributed by atoms with Gasteiger partial charge in [0.1, 0.15) is 0 Å². The van der Waals surface area contributed by atoms with Crippen LogP contribution in [0.15, 0.2) is 30.5 Å². The summed E-state index contributed by atoms with van der Waals surface area (Å²) in [7, 11) is 0. The average molecular weight is 361 g/mol. The van der Waals surface area contributed by atoms with Gasteiger partial charge in [-0.2, -0.15) is 0 Å². The zero-order valence-corrected chi connectivity index (χ0v) is 14.8. The highest BCUT2D eigenvalue weighted by molar-refractivity contribution is 6.33. The van der Waals surface area contributed by atoms with Gasteiger partial charge in [0.25, 0.3) is 5.91 Å². The van der Waals surface area contributed by atoms with Crippen LogP contribution in [-0.4, -0.2) is 40.6 Å². The van der Waals surface area contributed by atoms with Gasteiger partial charge >= 0.3 is 0 Å². The molecular weight excluding hydrogens is 340 g/mol. The van der Waals surface area contributed by atoms with E-state index < -0.39 is 12.0 Å². The molecule has 2 aromatic rings. The first-order valence-electron chi connectivity index (χ1n) is 8.35. The Labute approximate surface area is 151 Å². The molecule has 1 fully saturated rings. The van der Waals surface area contributed by atoms with Gasteiger partial charge in [-0.05, 0) is 25.3 Å². The highest BCUT2D eigenvalue weighted by Crippen LogP contribution is 2.20. The summed E-state index contributed by atoms with van der Waals surface area (Å²) < 4.78 is 0. The molecule has 2 N–H and O–H groups in total. The molecule has 7 heteroatoms. The zero-order chi connectivity index (χ0) is 17.8. The molecule has 1 saturated heterocycles. The lowest BCUT2D eigenvalue weighted by molar-refractivity contribution is 0.0911. The van der Waals surface area contributed by atoms with E-state index in [1.165, 1.54) is 6.20 Å². The lowest BCUT2D eigenvalue weighted by atomic mass is 10.1. The summed E-state index contributed by atoms with van der Waals surface area (Å²) in [5.41, 5.74) is 1.99.